The summed E-state index contributed by atoms with van der Waals surface area (Å²) in [5.74, 6) is -1.59. The van der Waals surface area contributed by atoms with Crippen LogP contribution in [0, 0.1) is 12.7 Å². The lowest BCUT2D eigenvalue weighted by atomic mass is 9.82. The molecule has 12 heteroatoms. The average molecular weight is 559 g/mol. The fourth-order valence-corrected chi connectivity index (χ4v) is 5.49. The number of ether oxygens (including phenoxy) is 1. The Kier molecular flexibility index (Phi) is 5.95. The van der Waals surface area contributed by atoms with Crippen LogP contribution in [0.2, 0.25) is 0 Å². The van der Waals surface area contributed by atoms with Crippen molar-refractivity contribution in [2.75, 3.05) is 13.2 Å². The molecule has 3 N–H and O–H groups in total. The van der Waals surface area contributed by atoms with Crippen molar-refractivity contribution in [3.63, 3.8) is 0 Å². The van der Waals surface area contributed by atoms with E-state index in [4.69, 9.17) is 4.74 Å². The fourth-order valence-electron chi connectivity index (χ4n) is 5.49. The highest BCUT2D eigenvalue weighted by molar-refractivity contribution is 6.08. The molecule has 3 aromatic rings. The van der Waals surface area contributed by atoms with Crippen molar-refractivity contribution in [1.29, 1.82) is 0 Å². The van der Waals surface area contributed by atoms with Crippen LogP contribution in [0.3, 0.4) is 0 Å². The number of nitrogens with one attached hydrogen (secondary N) is 2. The monoisotopic (exact) mass is 558 g/mol. The van der Waals surface area contributed by atoms with Gasteiger partial charge in [-0.3, -0.25) is 9.59 Å². The van der Waals surface area contributed by atoms with Crippen LogP contribution in [0.4, 0.5) is 17.6 Å². The molecule has 210 valence electrons. The summed E-state index contributed by atoms with van der Waals surface area (Å²) in [5, 5.41) is 20.5. The van der Waals surface area contributed by atoms with E-state index < -0.39 is 41.6 Å². The van der Waals surface area contributed by atoms with Gasteiger partial charge >= 0.3 is 6.18 Å². The van der Waals surface area contributed by atoms with Gasteiger partial charge in [0.2, 0.25) is 0 Å². The number of benzene rings is 2. The zero-order valence-electron chi connectivity index (χ0n) is 21.5. The molecule has 1 spiro atoms. The van der Waals surface area contributed by atoms with Crippen LogP contribution in [-0.4, -0.2) is 51.6 Å². The lowest BCUT2D eigenvalue weighted by Crippen LogP contribution is -2.50. The first-order valence-electron chi connectivity index (χ1n) is 12.9. The van der Waals surface area contributed by atoms with Crippen molar-refractivity contribution < 1.29 is 37.0 Å². The normalized spacial score (nSPS) is 20.6. The van der Waals surface area contributed by atoms with E-state index in [9.17, 15) is 32.3 Å². The molecule has 2 aromatic carbocycles. The molecule has 0 unspecified atom stereocenters. The second kappa shape index (κ2) is 9.05. The minimum atomic E-state index is -4.46. The van der Waals surface area contributed by atoms with Gasteiger partial charge in [0.1, 0.15) is 17.3 Å². The van der Waals surface area contributed by atoms with E-state index in [-0.39, 0.29) is 35.7 Å². The molecule has 8 nitrogen and oxygen atoms in total. The third-order valence-electron chi connectivity index (χ3n) is 7.84. The molecule has 1 fully saturated rings. The Hall–Kier alpha value is -3.93. The highest BCUT2D eigenvalue weighted by atomic mass is 19.4. The van der Waals surface area contributed by atoms with E-state index >= 15 is 0 Å². The molecule has 2 aliphatic carbocycles. The number of alkyl halides is 3. The number of aryl methyl sites for hydroxylation is 2. The summed E-state index contributed by atoms with van der Waals surface area (Å²) in [4.78, 5) is 27.0. The van der Waals surface area contributed by atoms with Crippen LogP contribution >= 0.6 is 0 Å². The summed E-state index contributed by atoms with van der Waals surface area (Å²) >= 11 is 0. The first kappa shape index (κ1) is 26.3. The molecule has 0 saturated heterocycles. The molecule has 2 heterocycles. The van der Waals surface area contributed by atoms with Crippen LogP contribution in [-0.2, 0) is 18.4 Å². The lowest BCUT2D eigenvalue weighted by Gasteiger charge is -2.35. The van der Waals surface area contributed by atoms with E-state index in [0.717, 1.165) is 11.1 Å². The lowest BCUT2D eigenvalue weighted by molar-refractivity contribution is -0.153. The number of aromatic nitrogens is 2. The summed E-state index contributed by atoms with van der Waals surface area (Å²) in [5.41, 5.74) is 0.631. The maximum absolute atomic E-state index is 14.5. The maximum Gasteiger partial charge on any atom is 0.422 e. The minimum absolute atomic E-state index is 0.00568. The standard InChI is InChI=1S/C28H26F4N4O4/c1-15-2-3-17(11-20(15)29)36-23(25(38)33-13-26(39)8-9-26)22-21(35-36)12-27(34-24(22)37)7-6-16-10-18(4-5-19(16)27)40-14-28(30,31)32/h2-5,10-11,39H,6-9,12-14H2,1H3,(H,33,38)(H,34,37)/t27-/m0/s1. The third-order valence-corrected chi connectivity index (χ3v) is 7.84. The van der Waals surface area contributed by atoms with E-state index in [2.05, 4.69) is 15.7 Å². The van der Waals surface area contributed by atoms with E-state index in [1.165, 1.54) is 16.8 Å². The van der Waals surface area contributed by atoms with E-state index in [1.54, 1.807) is 31.2 Å². The van der Waals surface area contributed by atoms with Gasteiger partial charge in [-0.05, 0) is 73.6 Å². The Morgan fingerprint density at radius 2 is 1.98 bits per heavy atom. The quantitative estimate of drug-likeness (QED) is 0.401. The average Bonchev–Trinajstić information content (AvgIpc) is 3.36. The van der Waals surface area contributed by atoms with Gasteiger partial charge < -0.3 is 20.5 Å². The molecular formula is C28H26F4N4O4. The maximum atomic E-state index is 14.5. The summed E-state index contributed by atoms with van der Waals surface area (Å²) < 4.78 is 58.5. The Labute approximate surface area is 226 Å². The number of rotatable bonds is 6. The van der Waals surface area contributed by atoms with Crippen molar-refractivity contribution >= 4 is 11.8 Å². The molecule has 6 rings (SSSR count). The van der Waals surface area contributed by atoms with Gasteiger partial charge in [0.05, 0.1) is 28.1 Å². The summed E-state index contributed by atoms with van der Waals surface area (Å²) in [7, 11) is 0. The number of aliphatic hydroxyl groups is 1. The van der Waals surface area contributed by atoms with Crippen molar-refractivity contribution in [2.45, 2.75) is 56.3 Å². The Morgan fingerprint density at radius 3 is 2.67 bits per heavy atom. The van der Waals surface area contributed by atoms with Crippen molar-refractivity contribution in [3.05, 3.63) is 75.9 Å². The topological polar surface area (TPSA) is 105 Å². The molecule has 2 amide bonds. The second-order valence-electron chi connectivity index (χ2n) is 10.9. The van der Waals surface area contributed by atoms with Gasteiger partial charge in [0.15, 0.2) is 6.61 Å². The zero-order valence-corrected chi connectivity index (χ0v) is 21.5. The molecule has 0 radical (unpaired) electrons. The molecular weight excluding hydrogens is 532 g/mol. The van der Waals surface area contributed by atoms with Gasteiger partial charge in [-0.1, -0.05) is 12.1 Å². The predicted molar refractivity (Wildman–Crippen MR) is 134 cm³/mol. The number of amides is 2. The highest BCUT2D eigenvalue weighted by Crippen LogP contribution is 2.44. The largest absolute Gasteiger partial charge is 0.484 e. The molecule has 1 atom stereocenters. The number of nitrogens with zero attached hydrogens (tertiary/aromatic N) is 2. The van der Waals surface area contributed by atoms with Crippen LogP contribution in [0.25, 0.3) is 5.69 Å². The molecule has 1 aliphatic heterocycles. The smallest absolute Gasteiger partial charge is 0.422 e. The molecule has 0 bridgehead atoms. The van der Waals surface area contributed by atoms with Gasteiger partial charge in [-0.25, -0.2) is 9.07 Å². The Morgan fingerprint density at radius 1 is 1.20 bits per heavy atom. The van der Waals surface area contributed by atoms with Crippen LogP contribution < -0.4 is 15.4 Å². The number of carbonyl (C=O) groups excluding carboxylic acids is 2. The molecule has 1 aromatic heterocycles. The van der Waals surface area contributed by atoms with Crippen molar-refractivity contribution in [3.8, 4) is 11.4 Å². The number of fused-ring (bicyclic) bond motifs is 3. The van der Waals surface area contributed by atoms with Gasteiger partial charge in [0.25, 0.3) is 11.8 Å². The fraction of sp³-hybridized carbons (Fsp3) is 0.393. The predicted octanol–water partition coefficient (Wildman–Crippen LogP) is 3.64. The number of halogens is 4. The minimum Gasteiger partial charge on any atom is -0.484 e. The zero-order chi connectivity index (χ0) is 28.4. The summed E-state index contributed by atoms with van der Waals surface area (Å²) in [6.45, 7) is 0.202. The molecule has 3 aliphatic rings. The van der Waals surface area contributed by atoms with Gasteiger partial charge in [-0.15, -0.1) is 0 Å². The first-order chi connectivity index (χ1) is 18.9. The van der Waals surface area contributed by atoms with Gasteiger partial charge in [-0.2, -0.15) is 18.3 Å². The third kappa shape index (κ3) is 4.70. The van der Waals surface area contributed by atoms with Crippen molar-refractivity contribution in [1.82, 2.24) is 20.4 Å². The van der Waals surface area contributed by atoms with Crippen LogP contribution in [0.15, 0.2) is 36.4 Å². The number of carbonyl (C=O) groups is 2. The number of hydrogen-bond acceptors (Lipinski definition) is 5. The molecule has 1 saturated carbocycles. The summed E-state index contributed by atoms with van der Waals surface area (Å²) in [6.07, 6.45) is -2.18. The first-order valence-corrected chi connectivity index (χ1v) is 12.9. The number of hydrogen-bond donors (Lipinski definition) is 3. The second-order valence-corrected chi connectivity index (χ2v) is 10.9. The SMILES string of the molecule is Cc1ccc(-n2nc3c(c2C(=O)NCC2(O)CC2)C(=O)N[C@@]2(CCc4cc(OCC(F)(F)F)ccc42)C3)cc1F. The van der Waals surface area contributed by atoms with Crippen molar-refractivity contribution in [2.24, 2.45) is 0 Å². The van der Waals surface area contributed by atoms with Crippen LogP contribution in [0.1, 0.15) is 62.5 Å². The Bertz CT molecular complexity index is 1550. The van der Waals surface area contributed by atoms with E-state index in [0.29, 0.717) is 36.9 Å². The van der Waals surface area contributed by atoms with Gasteiger partial charge in [0, 0.05) is 13.0 Å². The molecule has 40 heavy (non-hydrogen) atoms. The van der Waals surface area contributed by atoms with Crippen LogP contribution in [0.5, 0.6) is 5.75 Å². The summed E-state index contributed by atoms with van der Waals surface area (Å²) in [6, 6.07) is 9.02. The Balaban J connectivity index is 1.37. The highest BCUT2D eigenvalue weighted by Gasteiger charge is 2.48. The van der Waals surface area contributed by atoms with E-state index in [1.807, 2.05) is 0 Å².